The van der Waals surface area contributed by atoms with E-state index in [0.717, 1.165) is 12.1 Å². The predicted octanol–water partition coefficient (Wildman–Crippen LogP) is 4.97. The zero-order chi connectivity index (χ0) is 20.1. The van der Waals surface area contributed by atoms with E-state index in [2.05, 4.69) is 15.6 Å². The SMILES string of the molecule is N#Cc1cccc(Nc2ccc(C(=O)Nc3cccc(C(F)(F)F)c3)cn2)c1. The number of benzene rings is 2. The van der Waals surface area contributed by atoms with E-state index in [1.165, 1.54) is 24.4 Å². The van der Waals surface area contributed by atoms with Crippen LogP contribution in [0.3, 0.4) is 0 Å². The third-order valence-electron chi connectivity index (χ3n) is 3.74. The van der Waals surface area contributed by atoms with Gasteiger partial charge in [0.2, 0.25) is 0 Å². The van der Waals surface area contributed by atoms with E-state index >= 15 is 0 Å². The first-order valence-electron chi connectivity index (χ1n) is 8.07. The predicted molar refractivity (Wildman–Crippen MR) is 98.1 cm³/mol. The molecule has 28 heavy (non-hydrogen) atoms. The number of pyridine rings is 1. The first kappa shape index (κ1) is 18.9. The number of hydrogen-bond acceptors (Lipinski definition) is 4. The van der Waals surface area contributed by atoms with Crippen molar-refractivity contribution >= 4 is 23.1 Å². The fraction of sp³-hybridized carbons (Fsp3) is 0.0500. The zero-order valence-electron chi connectivity index (χ0n) is 14.3. The van der Waals surface area contributed by atoms with Gasteiger partial charge in [-0.1, -0.05) is 12.1 Å². The second-order valence-electron chi connectivity index (χ2n) is 5.78. The number of nitrogens with zero attached hydrogens (tertiary/aromatic N) is 2. The topological polar surface area (TPSA) is 77.8 Å². The summed E-state index contributed by atoms with van der Waals surface area (Å²) >= 11 is 0. The molecule has 8 heteroatoms. The van der Waals surface area contributed by atoms with Gasteiger partial charge in [-0.3, -0.25) is 4.79 Å². The maximum Gasteiger partial charge on any atom is 0.416 e. The van der Waals surface area contributed by atoms with Crippen molar-refractivity contribution in [3.05, 3.63) is 83.6 Å². The van der Waals surface area contributed by atoms with Gasteiger partial charge in [-0.25, -0.2) is 4.98 Å². The normalized spacial score (nSPS) is 10.8. The second kappa shape index (κ2) is 7.80. The van der Waals surface area contributed by atoms with E-state index in [1.54, 1.807) is 30.3 Å². The van der Waals surface area contributed by atoms with Crippen LogP contribution in [-0.2, 0) is 6.18 Å². The monoisotopic (exact) mass is 382 g/mol. The van der Waals surface area contributed by atoms with Crippen molar-refractivity contribution in [3.8, 4) is 6.07 Å². The van der Waals surface area contributed by atoms with E-state index in [-0.39, 0.29) is 11.3 Å². The van der Waals surface area contributed by atoms with Crippen molar-refractivity contribution in [3.63, 3.8) is 0 Å². The Hall–Kier alpha value is -3.86. The number of hydrogen-bond donors (Lipinski definition) is 2. The van der Waals surface area contributed by atoms with Crippen molar-refractivity contribution < 1.29 is 18.0 Å². The summed E-state index contributed by atoms with van der Waals surface area (Å²) < 4.78 is 38.3. The van der Waals surface area contributed by atoms with E-state index in [4.69, 9.17) is 5.26 Å². The Kier molecular flexibility index (Phi) is 5.27. The van der Waals surface area contributed by atoms with Crippen molar-refractivity contribution in [2.45, 2.75) is 6.18 Å². The number of nitrogens with one attached hydrogen (secondary N) is 2. The minimum absolute atomic E-state index is 0.0374. The summed E-state index contributed by atoms with van der Waals surface area (Å²) in [7, 11) is 0. The molecule has 0 aliphatic rings. The Morgan fingerprint density at radius 2 is 1.75 bits per heavy atom. The van der Waals surface area contributed by atoms with Gasteiger partial charge >= 0.3 is 6.18 Å². The highest BCUT2D eigenvalue weighted by atomic mass is 19.4. The van der Waals surface area contributed by atoms with E-state index < -0.39 is 17.6 Å². The Balaban J connectivity index is 1.69. The molecule has 0 saturated heterocycles. The third kappa shape index (κ3) is 4.65. The molecule has 5 nitrogen and oxygen atoms in total. The number of amides is 1. The fourth-order valence-corrected chi connectivity index (χ4v) is 2.39. The lowest BCUT2D eigenvalue weighted by molar-refractivity contribution is -0.137. The lowest BCUT2D eigenvalue weighted by atomic mass is 10.2. The van der Waals surface area contributed by atoms with E-state index in [1.807, 2.05) is 6.07 Å². The number of alkyl halides is 3. The molecule has 1 aromatic heterocycles. The van der Waals surface area contributed by atoms with Gasteiger partial charge < -0.3 is 10.6 Å². The number of halogens is 3. The zero-order valence-corrected chi connectivity index (χ0v) is 14.3. The molecule has 2 aromatic carbocycles. The molecule has 0 unspecified atom stereocenters. The maximum absolute atomic E-state index is 12.8. The lowest BCUT2D eigenvalue weighted by Gasteiger charge is -2.10. The third-order valence-corrected chi connectivity index (χ3v) is 3.74. The molecule has 0 saturated carbocycles. The van der Waals surface area contributed by atoms with Crippen molar-refractivity contribution in [2.24, 2.45) is 0 Å². The quantitative estimate of drug-likeness (QED) is 0.668. The highest BCUT2D eigenvalue weighted by Gasteiger charge is 2.30. The first-order chi connectivity index (χ1) is 13.3. The number of nitriles is 1. The molecule has 2 N–H and O–H groups in total. The van der Waals surface area contributed by atoms with Crippen LogP contribution in [0.2, 0.25) is 0 Å². The molecular weight excluding hydrogens is 369 g/mol. The molecular formula is C20H13F3N4O. The first-order valence-corrected chi connectivity index (χ1v) is 8.07. The van der Waals surface area contributed by atoms with Crippen LogP contribution in [0.4, 0.5) is 30.4 Å². The van der Waals surface area contributed by atoms with Crippen molar-refractivity contribution in [1.29, 1.82) is 5.26 Å². The maximum atomic E-state index is 12.8. The Morgan fingerprint density at radius 1 is 1.00 bits per heavy atom. The van der Waals surface area contributed by atoms with Crippen LogP contribution < -0.4 is 10.6 Å². The van der Waals surface area contributed by atoms with Gasteiger partial charge in [0.15, 0.2) is 0 Å². The number of rotatable bonds is 4. The van der Waals surface area contributed by atoms with Gasteiger partial charge in [0.05, 0.1) is 22.8 Å². The smallest absolute Gasteiger partial charge is 0.340 e. The van der Waals surface area contributed by atoms with Crippen molar-refractivity contribution in [2.75, 3.05) is 10.6 Å². The molecule has 0 atom stereocenters. The molecule has 140 valence electrons. The molecule has 3 aromatic rings. The molecule has 0 bridgehead atoms. The van der Waals surface area contributed by atoms with Crippen LogP contribution in [0, 0.1) is 11.3 Å². The minimum atomic E-state index is -4.49. The van der Waals surface area contributed by atoms with E-state index in [9.17, 15) is 18.0 Å². The lowest BCUT2D eigenvalue weighted by Crippen LogP contribution is -2.13. The molecule has 0 aliphatic carbocycles. The fourth-order valence-electron chi connectivity index (χ4n) is 2.39. The Labute approximate surface area is 158 Å². The molecule has 0 aliphatic heterocycles. The summed E-state index contributed by atoms with van der Waals surface area (Å²) in [4.78, 5) is 16.4. The molecule has 3 rings (SSSR count). The van der Waals surface area contributed by atoms with Crippen LogP contribution >= 0.6 is 0 Å². The van der Waals surface area contributed by atoms with Crippen LogP contribution in [0.15, 0.2) is 66.9 Å². The molecule has 0 spiro atoms. The van der Waals surface area contributed by atoms with E-state index in [0.29, 0.717) is 17.1 Å². The summed E-state index contributed by atoms with van der Waals surface area (Å²) in [6.07, 6.45) is -3.18. The van der Waals surface area contributed by atoms with Gasteiger partial charge in [-0.15, -0.1) is 0 Å². The standard InChI is InChI=1S/C20H13F3N4O/c21-20(22,23)15-4-2-6-17(10-15)27-19(28)14-7-8-18(25-12-14)26-16-5-1-3-13(9-16)11-24/h1-10,12H,(H,25,26)(H,27,28). The summed E-state index contributed by atoms with van der Waals surface area (Å²) in [5.74, 6) is -0.129. The van der Waals surface area contributed by atoms with Gasteiger partial charge in [0.1, 0.15) is 5.82 Å². The van der Waals surface area contributed by atoms with Crippen LogP contribution in [0.5, 0.6) is 0 Å². The largest absolute Gasteiger partial charge is 0.416 e. The number of anilines is 3. The second-order valence-corrected chi connectivity index (χ2v) is 5.78. The molecule has 1 amide bonds. The van der Waals surface area contributed by atoms with Gasteiger partial charge in [-0.05, 0) is 48.5 Å². The molecule has 0 fully saturated rings. The van der Waals surface area contributed by atoms with Crippen LogP contribution in [0.25, 0.3) is 0 Å². The Morgan fingerprint density at radius 3 is 2.43 bits per heavy atom. The summed E-state index contributed by atoms with van der Waals surface area (Å²) in [5, 5.41) is 14.3. The van der Waals surface area contributed by atoms with Gasteiger partial charge in [-0.2, -0.15) is 18.4 Å². The van der Waals surface area contributed by atoms with Crippen LogP contribution in [-0.4, -0.2) is 10.9 Å². The summed E-state index contributed by atoms with van der Waals surface area (Å²) in [5.41, 5.74) is 0.529. The minimum Gasteiger partial charge on any atom is -0.340 e. The van der Waals surface area contributed by atoms with Gasteiger partial charge in [0, 0.05) is 17.6 Å². The highest BCUT2D eigenvalue weighted by Crippen LogP contribution is 2.30. The van der Waals surface area contributed by atoms with Crippen molar-refractivity contribution in [1.82, 2.24) is 4.98 Å². The Bertz CT molecular complexity index is 1040. The summed E-state index contributed by atoms with van der Waals surface area (Å²) in [6, 6.07) is 16.3. The number of aromatic nitrogens is 1. The average Bonchev–Trinajstić information content (AvgIpc) is 2.68. The highest BCUT2D eigenvalue weighted by molar-refractivity contribution is 6.04. The number of carbonyl (C=O) groups excluding carboxylic acids is 1. The summed E-state index contributed by atoms with van der Waals surface area (Å²) in [6.45, 7) is 0. The molecule has 0 radical (unpaired) electrons. The average molecular weight is 382 g/mol. The molecule has 1 heterocycles. The van der Waals surface area contributed by atoms with Gasteiger partial charge in [0.25, 0.3) is 5.91 Å². The van der Waals surface area contributed by atoms with Crippen LogP contribution in [0.1, 0.15) is 21.5 Å². The number of carbonyl (C=O) groups is 1.